The summed E-state index contributed by atoms with van der Waals surface area (Å²) < 4.78 is 0.760. The molecule has 2 aliphatic rings. The zero-order chi connectivity index (χ0) is 24.6. The number of nitro groups is 1. The fourth-order valence-corrected chi connectivity index (χ4v) is 5.71. The molecule has 1 aliphatic heterocycles. The molecule has 178 valence electrons. The van der Waals surface area contributed by atoms with Gasteiger partial charge in [0.05, 0.1) is 10.5 Å². The van der Waals surface area contributed by atoms with Gasteiger partial charge < -0.3 is 5.32 Å². The van der Waals surface area contributed by atoms with Crippen molar-refractivity contribution in [2.24, 2.45) is 0 Å². The molecule has 1 heterocycles. The maximum atomic E-state index is 14.4. The van der Waals surface area contributed by atoms with E-state index in [1.807, 2.05) is 30.3 Å². The Morgan fingerprint density at radius 3 is 2.43 bits per heavy atom. The molecule has 0 saturated heterocycles. The molecule has 0 aromatic heterocycles. The number of rotatable bonds is 5. The van der Waals surface area contributed by atoms with Gasteiger partial charge in [-0.25, -0.2) is 0 Å². The molecule has 5 rings (SSSR count). The number of hydrogen-bond acceptors (Lipinski definition) is 4. The molecule has 1 unspecified atom stereocenters. The second-order valence-electron chi connectivity index (χ2n) is 8.99. The zero-order valence-electron chi connectivity index (χ0n) is 18.9. The van der Waals surface area contributed by atoms with Crippen molar-refractivity contribution < 1.29 is 14.5 Å². The molecule has 0 radical (unpaired) electrons. The average molecular weight is 534 g/mol. The minimum atomic E-state index is -1.52. The fourth-order valence-electron chi connectivity index (χ4n) is 5.31. The number of hydrogen-bond donors (Lipinski definition) is 1. The Bertz CT molecular complexity index is 1310. The Kier molecular flexibility index (Phi) is 6.15. The Balaban J connectivity index is 1.78. The second kappa shape index (κ2) is 9.26. The van der Waals surface area contributed by atoms with Crippen LogP contribution in [0.15, 0.2) is 77.3 Å². The van der Waals surface area contributed by atoms with E-state index in [0.717, 1.165) is 36.6 Å². The largest absolute Gasteiger partial charge is 0.351 e. The van der Waals surface area contributed by atoms with Crippen LogP contribution in [0.5, 0.6) is 0 Å². The average Bonchev–Trinajstić information content (AvgIpc) is 3.14. The molecule has 3 aromatic rings. The molecule has 1 saturated carbocycles. The van der Waals surface area contributed by atoms with Crippen molar-refractivity contribution in [2.75, 3.05) is 4.90 Å². The number of anilines is 1. The van der Waals surface area contributed by atoms with E-state index in [1.165, 1.54) is 17.0 Å². The maximum Gasteiger partial charge on any atom is 0.270 e. The van der Waals surface area contributed by atoms with Crippen LogP contribution in [0.3, 0.4) is 0 Å². The molecule has 1 atom stereocenters. The molecule has 0 spiro atoms. The lowest BCUT2D eigenvalue weighted by Crippen LogP contribution is -2.57. The predicted octanol–water partition coefficient (Wildman–Crippen LogP) is 5.71. The number of amides is 2. The molecule has 8 heteroatoms. The monoisotopic (exact) mass is 533 g/mol. The second-order valence-corrected chi connectivity index (χ2v) is 9.91. The molecular formula is C27H24BrN3O4. The number of carbonyl (C=O) groups is 2. The number of para-hydroxylation sites is 1. The van der Waals surface area contributed by atoms with E-state index in [9.17, 15) is 19.7 Å². The Labute approximate surface area is 211 Å². The van der Waals surface area contributed by atoms with Crippen LogP contribution in [0.1, 0.15) is 53.6 Å². The topological polar surface area (TPSA) is 92.5 Å². The Morgan fingerprint density at radius 1 is 1.00 bits per heavy atom. The van der Waals surface area contributed by atoms with Crippen LogP contribution in [-0.2, 0) is 10.3 Å². The van der Waals surface area contributed by atoms with Gasteiger partial charge in [-0.15, -0.1) is 0 Å². The van der Waals surface area contributed by atoms with Crippen molar-refractivity contribution in [3.8, 4) is 0 Å². The lowest BCUT2D eigenvalue weighted by Gasteiger charge is -2.40. The predicted molar refractivity (Wildman–Crippen MR) is 136 cm³/mol. The molecule has 1 aliphatic carbocycles. The highest BCUT2D eigenvalue weighted by Gasteiger charge is 2.57. The van der Waals surface area contributed by atoms with Crippen molar-refractivity contribution in [2.45, 2.75) is 43.7 Å². The van der Waals surface area contributed by atoms with E-state index in [4.69, 9.17) is 0 Å². The lowest BCUT2D eigenvalue weighted by molar-refractivity contribution is -0.384. The van der Waals surface area contributed by atoms with Gasteiger partial charge in [-0.1, -0.05) is 65.5 Å². The van der Waals surface area contributed by atoms with Crippen LogP contribution in [0.4, 0.5) is 11.4 Å². The quantitative estimate of drug-likeness (QED) is 0.335. The smallest absolute Gasteiger partial charge is 0.270 e. The van der Waals surface area contributed by atoms with Gasteiger partial charge in [0, 0.05) is 33.9 Å². The highest BCUT2D eigenvalue weighted by atomic mass is 79.9. The van der Waals surface area contributed by atoms with Gasteiger partial charge >= 0.3 is 0 Å². The Hall–Kier alpha value is -3.52. The lowest BCUT2D eigenvalue weighted by atomic mass is 9.80. The van der Waals surface area contributed by atoms with Crippen molar-refractivity contribution in [3.63, 3.8) is 0 Å². The molecule has 0 bridgehead atoms. The summed E-state index contributed by atoms with van der Waals surface area (Å²) in [6.07, 6.45) is 4.99. The van der Waals surface area contributed by atoms with Gasteiger partial charge in [-0.05, 0) is 48.7 Å². The van der Waals surface area contributed by atoms with Crippen LogP contribution >= 0.6 is 15.9 Å². The number of nitrogens with one attached hydrogen (secondary N) is 1. The van der Waals surface area contributed by atoms with Crippen LogP contribution in [0.25, 0.3) is 0 Å². The molecule has 1 N–H and O–H groups in total. The number of nitrogens with zero attached hydrogens (tertiary/aromatic N) is 2. The molecular weight excluding hydrogens is 510 g/mol. The summed E-state index contributed by atoms with van der Waals surface area (Å²) in [7, 11) is 0. The summed E-state index contributed by atoms with van der Waals surface area (Å²) in [5.74, 6) is -0.763. The van der Waals surface area contributed by atoms with E-state index in [-0.39, 0.29) is 23.2 Å². The standard InChI is InChI=1S/C27H24BrN3O4/c28-19-9-7-8-18(16-19)27(26(33)29-20-10-3-1-4-11-20)24-15-14-22(31(34)35)17-23(24)25(32)30(27)21-12-5-2-6-13-21/h2,5-9,12-17,20H,1,3-4,10-11H2,(H,29,33). The minimum Gasteiger partial charge on any atom is -0.351 e. The summed E-state index contributed by atoms with van der Waals surface area (Å²) in [5, 5.41) is 14.8. The first-order valence-corrected chi connectivity index (χ1v) is 12.5. The van der Waals surface area contributed by atoms with Crippen LogP contribution in [-0.4, -0.2) is 22.8 Å². The zero-order valence-corrected chi connectivity index (χ0v) is 20.5. The van der Waals surface area contributed by atoms with Crippen molar-refractivity contribution in [1.82, 2.24) is 5.32 Å². The normalized spacial score (nSPS) is 19.9. The molecule has 35 heavy (non-hydrogen) atoms. The third-order valence-corrected chi connectivity index (χ3v) is 7.39. The number of halogens is 1. The van der Waals surface area contributed by atoms with Crippen LogP contribution in [0.2, 0.25) is 0 Å². The van der Waals surface area contributed by atoms with Crippen molar-refractivity contribution in [1.29, 1.82) is 0 Å². The fraction of sp³-hybridized carbons (Fsp3) is 0.259. The highest BCUT2D eigenvalue weighted by Crippen LogP contribution is 2.48. The summed E-state index contributed by atoms with van der Waals surface area (Å²) in [4.78, 5) is 40.8. The van der Waals surface area contributed by atoms with E-state index in [0.29, 0.717) is 16.8 Å². The van der Waals surface area contributed by atoms with Gasteiger partial charge in [0.25, 0.3) is 17.5 Å². The highest BCUT2D eigenvalue weighted by molar-refractivity contribution is 9.10. The van der Waals surface area contributed by atoms with Crippen LogP contribution in [0, 0.1) is 10.1 Å². The SMILES string of the molecule is O=C1c2cc([N+](=O)[O-])ccc2C(C(=O)NC2CCCCC2)(c2cccc(Br)c2)N1c1ccccc1. The molecule has 2 amide bonds. The first kappa shape index (κ1) is 23.2. The summed E-state index contributed by atoms with van der Waals surface area (Å²) >= 11 is 3.52. The van der Waals surface area contributed by atoms with Gasteiger partial charge in [0.15, 0.2) is 5.54 Å². The van der Waals surface area contributed by atoms with Gasteiger partial charge in [0.2, 0.25) is 0 Å². The number of carbonyl (C=O) groups excluding carboxylic acids is 2. The number of fused-ring (bicyclic) bond motifs is 1. The van der Waals surface area contributed by atoms with E-state index in [1.54, 1.807) is 30.3 Å². The van der Waals surface area contributed by atoms with Crippen molar-refractivity contribution >= 4 is 39.1 Å². The first-order chi connectivity index (χ1) is 16.9. The maximum absolute atomic E-state index is 14.4. The first-order valence-electron chi connectivity index (χ1n) is 11.7. The molecule has 1 fully saturated rings. The molecule has 3 aromatic carbocycles. The van der Waals surface area contributed by atoms with E-state index in [2.05, 4.69) is 21.2 Å². The van der Waals surface area contributed by atoms with E-state index < -0.39 is 16.4 Å². The minimum absolute atomic E-state index is 0.00935. The number of non-ortho nitro benzene ring substituents is 1. The summed E-state index contributed by atoms with van der Waals surface area (Å²) in [5.41, 5.74) is 0.0116. The molecule has 7 nitrogen and oxygen atoms in total. The Morgan fingerprint density at radius 2 is 1.74 bits per heavy atom. The third kappa shape index (κ3) is 3.91. The summed E-state index contributed by atoms with van der Waals surface area (Å²) in [6, 6.07) is 20.5. The van der Waals surface area contributed by atoms with E-state index >= 15 is 0 Å². The summed E-state index contributed by atoms with van der Waals surface area (Å²) in [6.45, 7) is 0. The van der Waals surface area contributed by atoms with Crippen molar-refractivity contribution in [3.05, 3.63) is 104 Å². The van der Waals surface area contributed by atoms with Crippen LogP contribution < -0.4 is 10.2 Å². The number of benzene rings is 3. The van der Waals surface area contributed by atoms with Gasteiger partial charge in [-0.3, -0.25) is 24.6 Å². The third-order valence-electron chi connectivity index (χ3n) is 6.90. The van der Waals surface area contributed by atoms with Gasteiger partial charge in [-0.2, -0.15) is 0 Å². The number of nitro benzene ring substituents is 1. The van der Waals surface area contributed by atoms with Gasteiger partial charge in [0.1, 0.15) is 0 Å².